The van der Waals surface area contributed by atoms with Gasteiger partial charge in [-0.25, -0.2) is 4.79 Å². The molecule has 0 aliphatic rings. The lowest BCUT2D eigenvalue weighted by Crippen LogP contribution is -2.33. The van der Waals surface area contributed by atoms with Crippen molar-refractivity contribution in [2.24, 2.45) is 0 Å². The Kier molecular flexibility index (Phi) is 9.86. The summed E-state index contributed by atoms with van der Waals surface area (Å²) in [6, 6.07) is 0. The van der Waals surface area contributed by atoms with Crippen LogP contribution in [0.3, 0.4) is 0 Å². The molecule has 0 aliphatic carbocycles. The lowest BCUT2D eigenvalue weighted by atomic mass is 10.2. The van der Waals surface area contributed by atoms with Gasteiger partial charge in [-0.2, -0.15) is 0 Å². The van der Waals surface area contributed by atoms with Gasteiger partial charge in [0.25, 0.3) is 0 Å². The van der Waals surface area contributed by atoms with Crippen LogP contribution in [-0.4, -0.2) is 30.7 Å². The van der Waals surface area contributed by atoms with Crippen molar-refractivity contribution in [3.8, 4) is 0 Å². The molecule has 0 fully saturated rings. The van der Waals surface area contributed by atoms with Gasteiger partial charge in [-0.1, -0.05) is 26.2 Å². The smallest absolute Gasteiger partial charge is 0.407 e. The van der Waals surface area contributed by atoms with Gasteiger partial charge < -0.3 is 15.4 Å². The van der Waals surface area contributed by atoms with Gasteiger partial charge in [-0.15, -0.1) is 0 Å². The average Bonchev–Trinajstić information content (AvgIpc) is 2.32. The average molecular weight is 286 g/mol. The standard InChI is InChI=1S/C15H30N2O3/c1-5-6-7-8-11-16-13(18)10-9-12-17-14(19)20-15(2,3)4/h5-12H2,1-4H3,(H,16,18)(H,17,19). The molecule has 0 spiro atoms. The number of alkyl carbamates (subject to hydrolysis) is 1. The summed E-state index contributed by atoms with van der Waals surface area (Å²) in [5, 5.41) is 5.52. The maximum Gasteiger partial charge on any atom is 0.407 e. The molecule has 0 aliphatic heterocycles. The van der Waals surface area contributed by atoms with E-state index in [2.05, 4.69) is 17.6 Å². The topological polar surface area (TPSA) is 67.4 Å². The predicted molar refractivity (Wildman–Crippen MR) is 80.6 cm³/mol. The number of rotatable bonds is 9. The van der Waals surface area contributed by atoms with Crippen molar-refractivity contribution in [3.63, 3.8) is 0 Å². The van der Waals surface area contributed by atoms with Gasteiger partial charge in [0.15, 0.2) is 0 Å². The van der Waals surface area contributed by atoms with Crippen LogP contribution in [0, 0.1) is 0 Å². The first kappa shape index (κ1) is 18.7. The Morgan fingerprint density at radius 2 is 1.60 bits per heavy atom. The van der Waals surface area contributed by atoms with E-state index in [1.807, 2.05) is 20.8 Å². The highest BCUT2D eigenvalue weighted by molar-refractivity contribution is 5.75. The molecule has 0 unspecified atom stereocenters. The Bertz CT molecular complexity index is 285. The Balaban J connectivity index is 3.46. The van der Waals surface area contributed by atoms with Gasteiger partial charge in [0.1, 0.15) is 5.60 Å². The molecule has 5 nitrogen and oxygen atoms in total. The molecule has 0 aromatic heterocycles. The van der Waals surface area contributed by atoms with E-state index in [1.165, 1.54) is 12.8 Å². The van der Waals surface area contributed by atoms with Crippen LogP contribution in [-0.2, 0) is 9.53 Å². The molecule has 0 radical (unpaired) electrons. The second-order valence-electron chi connectivity index (χ2n) is 5.94. The lowest BCUT2D eigenvalue weighted by Gasteiger charge is -2.19. The van der Waals surface area contributed by atoms with E-state index in [0.717, 1.165) is 19.4 Å². The Hall–Kier alpha value is -1.26. The first-order valence-corrected chi connectivity index (χ1v) is 7.58. The van der Waals surface area contributed by atoms with E-state index in [9.17, 15) is 9.59 Å². The first-order chi connectivity index (χ1) is 9.35. The number of carbonyl (C=O) groups excluding carboxylic acids is 2. The Labute approximate surface area is 122 Å². The SMILES string of the molecule is CCCCCCNC(=O)CCCNC(=O)OC(C)(C)C. The molecule has 118 valence electrons. The fourth-order valence-electron chi connectivity index (χ4n) is 1.62. The summed E-state index contributed by atoms with van der Waals surface area (Å²) in [7, 11) is 0. The van der Waals surface area contributed by atoms with E-state index < -0.39 is 11.7 Å². The minimum absolute atomic E-state index is 0.0486. The molecule has 20 heavy (non-hydrogen) atoms. The highest BCUT2D eigenvalue weighted by Gasteiger charge is 2.15. The quantitative estimate of drug-likeness (QED) is 0.640. The zero-order valence-electron chi connectivity index (χ0n) is 13.4. The van der Waals surface area contributed by atoms with Gasteiger partial charge in [0.05, 0.1) is 0 Å². The van der Waals surface area contributed by atoms with E-state index in [-0.39, 0.29) is 5.91 Å². The summed E-state index contributed by atoms with van der Waals surface area (Å²) in [5.41, 5.74) is -0.486. The zero-order valence-corrected chi connectivity index (χ0v) is 13.4. The van der Waals surface area contributed by atoms with Crippen LogP contribution in [0.4, 0.5) is 4.79 Å². The third-order valence-electron chi connectivity index (χ3n) is 2.60. The summed E-state index contributed by atoms with van der Waals surface area (Å²) >= 11 is 0. The molecule has 0 saturated carbocycles. The minimum atomic E-state index is -0.486. The molecule has 5 heteroatoms. The minimum Gasteiger partial charge on any atom is -0.444 e. The van der Waals surface area contributed by atoms with Crippen LogP contribution in [0.1, 0.15) is 66.2 Å². The molecule has 2 amide bonds. The van der Waals surface area contributed by atoms with Crippen molar-refractivity contribution < 1.29 is 14.3 Å². The Morgan fingerprint density at radius 1 is 0.950 bits per heavy atom. The number of hydrogen-bond donors (Lipinski definition) is 2. The molecule has 0 aromatic rings. The van der Waals surface area contributed by atoms with Crippen LogP contribution in [0.2, 0.25) is 0 Å². The maximum absolute atomic E-state index is 11.5. The van der Waals surface area contributed by atoms with E-state index in [1.54, 1.807) is 0 Å². The monoisotopic (exact) mass is 286 g/mol. The molecule has 0 rings (SSSR count). The van der Waals surface area contributed by atoms with Gasteiger partial charge in [0, 0.05) is 19.5 Å². The second kappa shape index (κ2) is 10.5. The fourth-order valence-corrected chi connectivity index (χ4v) is 1.62. The van der Waals surface area contributed by atoms with Crippen LogP contribution in [0.5, 0.6) is 0 Å². The van der Waals surface area contributed by atoms with Crippen LogP contribution in [0.15, 0.2) is 0 Å². The van der Waals surface area contributed by atoms with Crippen molar-refractivity contribution in [3.05, 3.63) is 0 Å². The van der Waals surface area contributed by atoms with Crippen LogP contribution < -0.4 is 10.6 Å². The predicted octanol–water partition coefficient (Wildman–Crippen LogP) is 2.99. The van der Waals surface area contributed by atoms with Gasteiger partial charge in [0.2, 0.25) is 5.91 Å². The highest BCUT2D eigenvalue weighted by Crippen LogP contribution is 2.06. The third kappa shape index (κ3) is 13.2. The molecule has 2 N–H and O–H groups in total. The summed E-state index contributed by atoms with van der Waals surface area (Å²) in [6.07, 6.45) is 5.24. The third-order valence-corrected chi connectivity index (χ3v) is 2.60. The summed E-state index contributed by atoms with van der Waals surface area (Å²) in [4.78, 5) is 22.8. The van der Waals surface area contributed by atoms with Gasteiger partial charge in [-0.05, 0) is 33.6 Å². The molecule has 0 atom stereocenters. The van der Waals surface area contributed by atoms with Crippen molar-refractivity contribution in [2.75, 3.05) is 13.1 Å². The summed E-state index contributed by atoms with van der Waals surface area (Å²) in [6.45, 7) is 8.82. The molecule has 0 aromatic carbocycles. The highest BCUT2D eigenvalue weighted by atomic mass is 16.6. The zero-order chi connectivity index (χ0) is 15.4. The van der Waals surface area contributed by atoms with Crippen molar-refractivity contribution in [1.82, 2.24) is 10.6 Å². The second-order valence-corrected chi connectivity index (χ2v) is 5.94. The van der Waals surface area contributed by atoms with Crippen molar-refractivity contribution in [2.45, 2.75) is 71.8 Å². The molecular weight excluding hydrogens is 256 g/mol. The molecule has 0 saturated heterocycles. The van der Waals surface area contributed by atoms with Gasteiger partial charge >= 0.3 is 6.09 Å². The number of unbranched alkanes of at least 4 members (excludes halogenated alkanes) is 3. The molecule has 0 bridgehead atoms. The van der Waals surface area contributed by atoms with E-state index in [0.29, 0.717) is 19.4 Å². The number of nitrogens with one attached hydrogen (secondary N) is 2. The van der Waals surface area contributed by atoms with Crippen molar-refractivity contribution in [1.29, 1.82) is 0 Å². The largest absolute Gasteiger partial charge is 0.444 e. The summed E-state index contributed by atoms with van der Waals surface area (Å²) in [5.74, 6) is 0.0486. The molecular formula is C15H30N2O3. The van der Waals surface area contributed by atoms with E-state index in [4.69, 9.17) is 4.74 Å². The number of hydrogen-bond acceptors (Lipinski definition) is 3. The summed E-state index contributed by atoms with van der Waals surface area (Å²) < 4.78 is 5.10. The van der Waals surface area contributed by atoms with Crippen molar-refractivity contribution >= 4 is 12.0 Å². The number of carbonyl (C=O) groups is 2. The Morgan fingerprint density at radius 3 is 2.20 bits per heavy atom. The number of ether oxygens (including phenoxy) is 1. The maximum atomic E-state index is 11.5. The number of amides is 2. The van der Waals surface area contributed by atoms with Gasteiger partial charge in [-0.3, -0.25) is 4.79 Å². The van der Waals surface area contributed by atoms with E-state index >= 15 is 0 Å². The normalized spacial score (nSPS) is 11.0. The van der Waals surface area contributed by atoms with Crippen LogP contribution in [0.25, 0.3) is 0 Å². The fraction of sp³-hybridized carbons (Fsp3) is 0.867. The first-order valence-electron chi connectivity index (χ1n) is 7.58. The lowest BCUT2D eigenvalue weighted by molar-refractivity contribution is -0.121. The molecule has 0 heterocycles. The van der Waals surface area contributed by atoms with Crippen LogP contribution >= 0.6 is 0 Å².